The van der Waals surface area contributed by atoms with Crippen LogP contribution in [0.25, 0.3) is 0 Å². The van der Waals surface area contributed by atoms with Gasteiger partial charge in [0.25, 0.3) is 0 Å². The third-order valence-electron chi connectivity index (χ3n) is 8.86. The van der Waals surface area contributed by atoms with Gasteiger partial charge in [0.15, 0.2) is 11.6 Å². The maximum Gasteiger partial charge on any atom is 0.159 e. The summed E-state index contributed by atoms with van der Waals surface area (Å²) < 4.78 is 0. The third-order valence-corrected chi connectivity index (χ3v) is 8.86. The van der Waals surface area contributed by atoms with Crippen LogP contribution in [0.4, 0.5) is 0 Å². The summed E-state index contributed by atoms with van der Waals surface area (Å²) in [6.45, 7) is 9.36. The minimum Gasteiger partial charge on any atom is -0.295 e. The molecule has 4 aliphatic rings. The van der Waals surface area contributed by atoms with Gasteiger partial charge in [-0.15, -0.1) is 0 Å². The predicted molar refractivity (Wildman–Crippen MR) is 105 cm³/mol. The molecule has 0 aliphatic heterocycles. The highest BCUT2D eigenvalue weighted by molar-refractivity contribution is 6.05. The molecular formula is C24H34O2. The highest BCUT2D eigenvalue weighted by atomic mass is 16.1. The summed E-state index contributed by atoms with van der Waals surface area (Å²) in [4.78, 5) is 25.0. The molecule has 142 valence electrons. The van der Waals surface area contributed by atoms with E-state index in [1.807, 2.05) is 0 Å². The van der Waals surface area contributed by atoms with E-state index in [-0.39, 0.29) is 17.0 Å². The second kappa shape index (κ2) is 6.17. The number of carbonyl (C=O) groups excluding carboxylic acids is 2. The smallest absolute Gasteiger partial charge is 0.159 e. The zero-order valence-corrected chi connectivity index (χ0v) is 16.9. The van der Waals surface area contributed by atoms with E-state index in [1.54, 1.807) is 11.6 Å². The molecule has 3 fully saturated rings. The fraction of sp³-hybridized carbons (Fsp3) is 0.750. The second-order valence-corrected chi connectivity index (χ2v) is 9.98. The van der Waals surface area contributed by atoms with Gasteiger partial charge in [-0.05, 0) is 86.0 Å². The van der Waals surface area contributed by atoms with Crippen LogP contribution >= 0.6 is 0 Å². The monoisotopic (exact) mass is 354 g/mol. The minimum absolute atomic E-state index is 0.0539. The van der Waals surface area contributed by atoms with Gasteiger partial charge in [-0.25, -0.2) is 0 Å². The zero-order valence-electron chi connectivity index (χ0n) is 16.9. The third kappa shape index (κ3) is 2.43. The lowest BCUT2D eigenvalue weighted by molar-refractivity contribution is -0.131. The standard InChI is InChI=1S/C24H34O2/c1-5-6-15(2)18-7-8-19-17-14-22(26)21-13-16(25)9-11-24(21,4)20(17)10-12-23(18,19)3/h6,13,17-20H,5,7-12,14H2,1-4H3/b15-6+. The molecule has 6 unspecified atom stereocenters. The molecule has 6 atom stereocenters. The van der Waals surface area contributed by atoms with Crippen molar-refractivity contribution in [2.45, 2.75) is 79.1 Å². The number of hydrogen-bond acceptors (Lipinski definition) is 2. The Morgan fingerprint density at radius 2 is 1.92 bits per heavy atom. The van der Waals surface area contributed by atoms with Crippen molar-refractivity contribution >= 4 is 11.6 Å². The van der Waals surface area contributed by atoms with E-state index in [0.717, 1.165) is 18.4 Å². The van der Waals surface area contributed by atoms with Crippen molar-refractivity contribution in [2.75, 3.05) is 0 Å². The lowest BCUT2D eigenvalue weighted by Gasteiger charge is -2.57. The SMILES string of the molecule is CC/C=C(\C)C1CCC2C3CC(=O)C4=CC(=O)CCC4(C)C3CCC12C. The number of hydrogen-bond donors (Lipinski definition) is 0. The first-order valence-electron chi connectivity index (χ1n) is 10.8. The molecule has 26 heavy (non-hydrogen) atoms. The van der Waals surface area contributed by atoms with Crippen LogP contribution in [-0.4, -0.2) is 11.6 Å². The van der Waals surface area contributed by atoms with Gasteiger partial charge >= 0.3 is 0 Å². The largest absolute Gasteiger partial charge is 0.295 e. The van der Waals surface area contributed by atoms with E-state index in [9.17, 15) is 9.59 Å². The first-order chi connectivity index (χ1) is 12.3. The minimum atomic E-state index is -0.0539. The summed E-state index contributed by atoms with van der Waals surface area (Å²) in [6, 6.07) is 0. The Morgan fingerprint density at radius 3 is 2.65 bits per heavy atom. The molecule has 0 heterocycles. The molecule has 2 heteroatoms. The van der Waals surface area contributed by atoms with Crippen LogP contribution in [0.2, 0.25) is 0 Å². The van der Waals surface area contributed by atoms with Crippen LogP contribution in [0.3, 0.4) is 0 Å². The number of allylic oxidation sites excluding steroid dienone is 3. The Bertz CT molecular complexity index is 699. The average Bonchev–Trinajstić information content (AvgIpc) is 2.94. The van der Waals surface area contributed by atoms with E-state index in [4.69, 9.17) is 0 Å². The number of Topliss-reactive ketones (excluding diaryl/α,β-unsaturated/α-hetero) is 1. The summed E-state index contributed by atoms with van der Waals surface area (Å²) in [7, 11) is 0. The van der Waals surface area contributed by atoms with Crippen LogP contribution in [0.5, 0.6) is 0 Å². The summed E-state index contributed by atoms with van der Waals surface area (Å²) in [5.41, 5.74) is 2.75. The van der Waals surface area contributed by atoms with Crippen molar-refractivity contribution in [1.82, 2.24) is 0 Å². The molecule has 0 N–H and O–H groups in total. The molecule has 0 aromatic carbocycles. The van der Waals surface area contributed by atoms with Crippen LogP contribution in [0, 0.1) is 34.5 Å². The van der Waals surface area contributed by atoms with Gasteiger partial charge in [0.05, 0.1) is 0 Å². The normalized spacial score (nSPS) is 45.7. The molecule has 4 rings (SSSR count). The van der Waals surface area contributed by atoms with Crippen molar-refractivity contribution < 1.29 is 9.59 Å². The highest BCUT2D eigenvalue weighted by Crippen LogP contribution is 2.66. The Morgan fingerprint density at radius 1 is 1.15 bits per heavy atom. The van der Waals surface area contributed by atoms with E-state index < -0.39 is 0 Å². The summed E-state index contributed by atoms with van der Waals surface area (Å²) >= 11 is 0. The van der Waals surface area contributed by atoms with Crippen molar-refractivity contribution in [3.05, 3.63) is 23.3 Å². The maximum atomic E-state index is 13.0. The van der Waals surface area contributed by atoms with Crippen molar-refractivity contribution in [3.8, 4) is 0 Å². The fourth-order valence-electron chi connectivity index (χ4n) is 7.60. The molecule has 0 amide bonds. The highest BCUT2D eigenvalue weighted by Gasteiger charge is 2.60. The molecule has 0 bridgehead atoms. The van der Waals surface area contributed by atoms with Crippen LogP contribution in [0.1, 0.15) is 79.1 Å². The molecular weight excluding hydrogens is 320 g/mol. The second-order valence-electron chi connectivity index (χ2n) is 9.98. The molecule has 0 aromatic rings. The fourth-order valence-corrected chi connectivity index (χ4v) is 7.60. The van der Waals surface area contributed by atoms with Gasteiger partial charge in [0.1, 0.15) is 0 Å². The Hall–Kier alpha value is -1.18. The molecule has 3 saturated carbocycles. The van der Waals surface area contributed by atoms with Crippen LogP contribution in [-0.2, 0) is 9.59 Å². The number of ketones is 2. The molecule has 4 aliphatic carbocycles. The maximum absolute atomic E-state index is 13.0. The van der Waals surface area contributed by atoms with Gasteiger partial charge in [-0.3, -0.25) is 9.59 Å². The lowest BCUT2D eigenvalue weighted by Crippen LogP contribution is -2.52. The van der Waals surface area contributed by atoms with Crippen molar-refractivity contribution in [1.29, 1.82) is 0 Å². The first kappa shape index (κ1) is 18.2. The Balaban J connectivity index is 1.68. The Kier molecular flexibility index (Phi) is 4.32. The number of carbonyl (C=O) groups is 2. The van der Waals surface area contributed by atoms with E-state index in [0.29, 0.717) is 41.9 Å². The van der Waals surface area contributed by atoms with Crippen LogP contribution < -0.4 is 0 Å². The van der Waals surface area contributed by atoms with Gasteiger partial charge in [0.2, 0.25) is 0 Å². The van der Waals surface area contributed by atoms with Crippen molar-refractivity contribution in [2.24, 2.45) is 34.5 Å². The van der Waals surface area contributed by atoms with E-state index >= 15 is 0 Å². The zero-order chi connectivity index (χ0) is 18.7. The van der Waals surface area contributed by atoms with E-state index in [2.05, 4.69) is 33.8 Å². The quantitative estimate of drug-likeness (QED) is 0.599. The van der Waals surface area contributed by atoms with Crippen molar-refractivity contribution in [3.63, 3.8) is 0 Å². The molecule has 0 radical (unpaired) electrons. The van der Waals surface area contributed by atoms with E-state index in [1.165, 1.54) is 25.7 Å². The van der Waals surface area contributed by atoms with Crippen LogP contribution in [0.15, 0.2) is 23.3 Å². The first-order valence-corrected chi connectivity index (χ1v) is 10.8. The predicted octanol–water partition coefficient (Wildman–Crippen LogP) is 5.67. The number of rotatable bonds is 2. The lowest BCUT2D eigenvalue weighted by atomic mass is 9.46. The molecule has 2 nitrogen and oxygen atoms in total. The number of fused-ring (bicyclic) bond motifs is 5. The average molecular weight is 355 g/mol. The van der Waals surface area contributed by atoms with Gasteiger partial charge in [-0.2, -0.15) is 0 Å². The van der Waals surface area contributed by atoms with Gasteiger partial charge in [0, 0.05) is 18.4 Å². The molecule has 0 spiro atoms. The van der Waals surface area contributed by atoms with Gasteiger partial charge in [-0.1, -0.05) is 32.4 Å². The molecule has 0 aromatic heterocycles. The summed E-state index contributed by atoms with van der Waals surface area (Å²) in [5.74, 6) is 2.91. The Labute approximate surface area is 158 Å². The summed E-state index contributed by atoms with van der Waals surface area (Å²) in [6.07, 6.45) is 12.5. The van der Waals surface area contributed by atoms with Gasteiger partial charge < -0.3 is 0 Å². The molecule has 0 saturated heterocycles. The summed E-state index contributed by atoms with van der Waals surface area (Å²) in [5, 5.41) is 0. The topological polar surface area (TPSA) is 34.1 Å².